The molecule has 20 heavy (non-hydrogen) atoms. The van der Waals surface area contributed by atoms with Gasteiger partial charge in [0.15, 0.2) is 6.29 Å². The van der Waals surface area contributed by atoms with Gasteiger partial charge in [-0.25, -0.2) is 0 Å². The van der Waals surface area contributed by atoms with Gasteiger partial charge >= 0.3 is 0 Å². The van der Waals surface area contributed by atoms with Crippen LogP contribution in [0.1, 0.15) is 18.9 Å². The minimum atomic E-state index is -0.314. The first kappa shape index (κ1) is 14.0. The Kier molecular flexibility index (Phi) is 4.36. The van der Waals surface area contributed by atoms with Crippen LogP contribution in [0.2, 0.25) is 0 Å². The summed E-state index contributed by atoms with van der Waals surface area (Å²) in [4.78, 5) is 2.39. The predicted molar refractivity (Wildman–Crippen MR) is 76.1 cm³/mol. The molecule has 0 amide bonds. The lowest BCUT2D eigenvalue weighted by molar-refractivity contribution is -0.182. The largest absolute Gasteiger partial charge is 0.392 e. The molecule has 1 aromatic carbocycles. The molecular weight excluding hydrogens is 254 g/mol. The van der Waals surface area contributed by atoms with Crippen LogP contribution < -0.4 is 0 Å². The average molecular weight is 277 g/mol. The van der Waals surface area contributed by atoms with Gasteiger partial charge in [0.1, 0.15) is 0 Å². The van der Waals surface area contributed by atoms with Crippen molar-refractivity contribution in [2.45, 2.75) is 38.3 Å². The lowest BCUT2D eigenvalue weighted by Gasteiger charge is -2.37. The first-order valence-corrected chi connectivity index (χ1v) is 7.49. The number of aliphatic hydroxyl groups is 1. The first-order chi connectivity index (χ1) is 9.79. The first-order valence-electron chi connectivity index (χ1n) is 7.49. The van der Waals surface area contributed by atoms with Crippen LogP contribution in [-0.2, 0) is 16.0 Å². The Labute approximate surface area is 120 Å². The fraction of sp³-hybridized carbons (Fsp3) is 0.625. The fourth-order valence-electron chi connectivity index (χ4n) is 3.32. The van der Waals surface area contributed by atoms with Gasteiger partial charge in [-0.2, -0.15) is 0 Å². The second-order valence-electron chi connectivity index (χ2n) is 5.62. The van der Waals surface area contributed by atoms with Crippen LogP contribution in [0, 0.1) is 5.92 Å². The molecule has 0 bridgehead atoms. The van der Waals surface area contributed by atoms with Gasteiger partial charge in [0.2, 0.25) is 0 Å². The van der Waals surface area contributed by atoms with E-state index in [0.717, 1.165) is 13.1 Å². The van der Waals surface area contributed by atoms with Crippen LogP contribution in [0.5, 0.6) is 0 Å². The summed E-state index contributed by atoms with van der Waals surface area (Å²) < 4.78 is 11.4. The highest BCUT2D eigenvalue weighted by molar-refractivity contribution is 5.14. The molecule has 1 aromatic rings. The third-order valence-corrected chi connectivity index (χ3v) is 4.43. The lowest BCUT2D eigenvalue weighted by atomic mass is 9.90. The van der Waals surface area contributed by atoms with Crippen molar-refractivity contribution in [1.29, 1.82) is 0 Å². The summed E-state index contributed by atoms with van der Waals surface area (Å²) in [5.41, 5.74) is 1.30. The van der Waals surface area contributed by atoms with Crippen molar-refractivity contribution in [3.63, 3.8) is 0 Å². The number of benzene rings is 1. The van der Waals surface area contributed by atoms with Crippen LogP contribution >= 0.6 is 0 Å². The molecule has 2 saturated heterocycles. The standard InChI is InChI=1S/C16H23NO3/c1-2-17(10-12-6-4-3-5-7-12)13-11-20-16-15(13)14(18)8-9-19-16/h3-7,13-16,18H,2,8-11H2,1H3/t13-,14-,15-,16-/m0/s1. The number of hydrogen-bond acceptors (Lipinski definition) is 4. The summed E-state index contributed by atoms with van der Waals surface area (Å²) in [5.74, 6) is 0.0763. The van der Waals surface area contributed by atoms with E-state index in [9.17, 15) is 5.11 Å². The Morgan fingerprint density at radius 1 is 1.25 bits per heavy atom. The van der Waals surface area contributed by atoms with E-state index >= 15 is 0 Å². The predicted octanol–water partition coefficient (Wildman–Crippen LogP) is 1.63. The Bertz CT molecular complexity index is 425. The van der Waals surface area contributed by atoms with E-state index in [0.29, 0.717) is 19.6 Å². The Morgan fingerprint density at radius 3 is 2.80 bits per heavy atom. The number of aliphatic hydroxyl groups excluding tert-OH is 1. The van der Waals surface area contributed by atoms with Crippen LogP contribution in [0.3, 0.4) is 0 Å². The van der Waals surface area contributed by atoms with Crippen molar-refractivity contribution >= 4 is 0 Å². The van der Waals surface area contributed by atoms with Gasteiger partial charge in [0.25, 0.3) is 0 Å². The highest BCUT2D eigenvalue weighted by atomic mass is 16.7. The van der Waals surface area contributed by atoms with Gasteiger partial charge in [-0.15, -0.1) is 0 Å². The van der Waals surface area contributed by atoms with Crippen LogP contribution in [0.4, 0.5) is 0 Å². The molecule has 110 valence electrons. The maximum Gasteiger partial charge on any atom is 0.164 e. The molecule has 2 aliphatic heterocycles. The lowest BCUT2D eigenvalue weighted by Crippen LogP contribution is -2.48. The number of nitrogens with zero attached hydrogens (tertiary/aromatic N) is 1. The Morgan fingerprint density at radius 2 is 2.05 bits per heavy atom. The number of likely N-dealkylation sites (N-methyl/N-ethyl adjacent to an activating group) is 1. The minimum absolute atomic E-state index is 0.0763. The Balaban J connectivity index is 1.72. The number of hydrogen-bond donors (Lipinski definition) is 1. The summed E-state index contributed by atoms with van der Waals surface area (Å²) in [6.45, 7) is 5.24. The van der Waals surface area contributed by atoms with Gasteiger partial charge in [-0.3, -0.25) is 4.90 Å². The van der Waals surface area contributed by atoms with Crippen molar-refractivity contribution in [3.05, 3.63) is 35.9 Å². The van der Waals surface area contributed by atoms with E-state index in [-0.39, 0.29) is 24.4 Å². The second-order valence-corrected chi connectivity index (χ2v) is 5.62. The average Bonchev–Trinajstić information content (AvgIpc) is 2.91. The zero-order valence-electron chi connectivity index (χ0n) is 11.9. The third-order valence-electron chi connectivity index (χ3n) is 4.43. The zero-order chi connectivity index (χ0) is 13.9. The number of fused-ring (bicyclic) bond motifs is 1. The number of ether oxygens (including phenoxy) is 2. The summed E-state index contributed by atoms with van der Waals surface area (Å²) in [6.07, 6.45) is 0.170. The monoisotopic (exact) mass is 277 g/mol. The summed E-state index contributed by atoms with van der Waals surface area (Å²) >= 11 is 0. The molecule has 1 N–H and O–H groups in total. The molecule has 4 atom stereocenters. The highest BCUT2D eigenvalue weighted by Gasteiger charge is 2.46. The van der Waals surface area contributed by atoms with E-state index in [2.05, 4.69) is 36.1 Å². The molecule has 2 heterocycles. The van der Waals surface area contributed by atoms with Crippen molar-refractivity contribution in [3.8, 4) is 0 Å². The van der Waals surface area contributed by atoms with Crippen molar-refractivity contribution in [2.24, 2.45) is 5.92 Å². The smallest absolute Gasteiger partial charge is 0.164 e. The SMILES string of the molecule is CCN(Cc1ccccc1)[C@H]1CO[C@@H]2OCC[C@H](O)[C@@H]21. The quantitative estimate of drug-likeness (QED) is 0.908. The van der Waals surface area contributed by atoms with Crippen LogP contribution in [-0.4, -0.2) is 48.2 Å². The van der Waals surface area contributed by atoms with Crippen molar-refractivity contribution in [2.75, 3.05) is 19.8 Å². The second kappa shape index (κ2) is 6.22. The van der Waals surface area contributed by atoms with E-state index in [1.807, 2.05) is 6.07 Å². The van der Waals surface area contributed by atoms with Gasteiger partial charge in [-0.1, -0.05) is 37.3 Å². The molecule has 4 nitrogen and oxygen atoms in total. The molecule has 0 unspecified atom stereocenters. The minimum Gasteiger partial charge on any atom is -0.392 e. The molecule has 0 aliphatic carbocycles. The third kappa shape index (κ3) is 2.74. The number of rotatable bonds is 4. The molecule has 0 radical (unpaired) electrons. The van der Waals surface area contributed by atoms with E-state index < -0.39 is 0 Å². The summed E-state index contributed by atoms with van der Waals surface area (Å²) in [5, 5.41) is 10.3. The van der Waals surface area contributed by atoms with E-state index in [4.69, 9.17) is 9.47 Å². The van der Waals surface area contributed by atoms with Crippen LogP contribution in [0.15, 0.2) is 30.3 Å². The fourth-order valence-corrected chi connectivity index (χ4v) is 3.32. The molecule has 0 saturated carbocycles. The molecule has 4 heteroatoms. The van der Waals surface area contributed by atoms with Crippen molar-refractivity contribution < 1.29 is 14.6 Å². The highest BCUT2D eigenvalue weighted by Crippen LogP contribution is 2.34. The summed E-state index contributed by atoms with van der Waals surface area (Å²) in [7, 11) is 0. The normalized spacial score (nSPS) is 33.4. The molecule has 0 spiro atoms. The zero-order valence-corrected chi connectivity index (χ0v) is 11.9. The molecular formula is C16H23NO3. The summed E-state index contributed by atoms with van der Waals surface area (Å²) in [6, 6.07) is 10.7. The van der Waals surface area contributed by atoms with E-state index in [1.165, 1.54) is 5.56 Å². The molecule has 2 fully saturated rings. The van der Waals surface area contributed by atoms with Gasteiger partial charge in [-0.05, 0) is 18.5 Å². The van der Waals surface area contributed by atoms with Crippen molar-refractivity contribution in [1.82, 2.24) is 4.90 Å². The maximum absolute atomic E-state index is 10.3. The van der Waals surface area contributed by atoms with Gasteiger partial charge in [0.05, 0.1) is 25.2 Å². The maximum atomic E-state index is 10.3. The van der Waals surface area contributed by atoms with Gasteiger partial charge in [0, 0.05) is 12.6 Å². The topological polar surface area (TPSA) is 41.9 Å². The molecule has 2 aliphatic rings. The van der Waals surface area contributed by atoms with Crippen LogP contribution in [0.25, 0.3) is 0 Å². The Hall–Kier alpha value is -0.940. The van der Waals surface area contributed by atoms with Gasteiger partial charge < -0.3 is 14.6 Å². The molecule has 0 aromatic heterocycles. The molecule has 3 rings (SSSR count). The van der Waals surface area contributed by atoms with E-state index in [1.54, 1.807) is 0 Å².